The Morgan fingerprint density at radius 3 is 2.39 bits per heavy atom. The van der Waals surface area contributed by atoms with Crippen molar-refractivity contribution in [2.75, 3.05) is 23.4 Å². The number of para-hydroxylation sites is 1. The molecule has 1 aromatic rings. The lowest BCUT2D eigenvalue weighted by molar-refractivity contribution is -0.144. The van der Waals surface area contributed by atoms with Crippen LogP contribution in [0.4, 0.5) is 5.69 Å². The van der Waals surface area contributed by atoms with Crippen LogP contribution in [-0.4, -0.2) is 49.2 Å². The molecule has 6 nitrogen and oxygen atoms in total. The molecule has 1 aliphatic heterocycles. The van der Waals surface area contributed by atoms with Crippen LogP contribution in [0.5, 0.6) is 0 Å². The average molecular weight is 379 g/mol. The largest absolute Gasteiger partial charge is 0.331 e. The number of carbonyl (C=O) groups excluding carboxylic acids is 2. The number of carbonyl (C=O) groups is 2. The Morgan fingerprint density at radius 2 is 1.91 bits per heavy atom. The summed E-state index contributed by atoms with van der Waals surface area (Å²) in [5.41, 5.74) is 0.157. The van der Waals surface area contributed by atoms with Gasteiger partial charge in [-0.3, -0.25) is 9.59 Å². The van der Waals surface area contributed by atoms with Crippen LogP contribution >= 0.6 is 23.2 Å². The number of benzene rings is 1. The van der Waals surface area contributed by atoms with Crippen molar-refractivity contribution in [1.29, 1.82) is 0 Å². The fourth-order valence-corrected chi connectivity index (χ4v) is 4.73. The van der Waals surface area contributed by atoms with Gasteiger partial charge in [-0.05, 0) is 25.5 Å². The summed E-state index contributed by atoms with van der Waals surface area (Å²) in [5, 5.41) is 2.82. The summed E-state index contributed by atoms with van der Waals surface area (Å²) in [6, 6.07) is 4.21. The van der Waals surface area contributed by atoms with E-state index in [2.05, 4.69) is 5.32 Å². The lowest BCUT2D eigenvalue weighted by Gasteiger charge is -2.26. The van der Waals surface area contributed by atoms with Crippen LogP contribution in [-0.2, 0) is 19.4 Å². The summed E-state index contributed by atoms with van der Waals surface area (Å²) in [7, 11) is -3.15. The maximum Gasteiger partial charge on any atom is 0.313 e. The van der Waals surface area contributed by atoms with Crippen LogP contribution in [0.3, 0.4) is 0 Å². The van der Waals surface area contributed by atoms with Gasteiger partial charge in [0.2, 0.25) is 0 Å². The van der Waals surface area contributed by atoms with E-state index in [-0.39, 0.29) is 33.8 Å². The molecular formula is C14H16Cl2N2O4S. The average Bonchev–Trinajstić information content (AvgIpc) is 2.83. The van der Waals surface area contributed by atoms with E-state index in [0.717, 1.165) is 0 Å². The molecular weight excluding hydrogens is 363 g/mol. The summed E-state index contributed by atoms with van der Waals surface area (Å²) in [6.45, 7) is 1.93. The van der Waals surface area contributed by atoms with Crippen molar-refractivity contribution in [3.63, 3.8) is 0 Å². The molecule has 1 aromatic carbocycles. The van der Waals surface area contributed by atoms with E-state index in [1.807, 2.05) is 0 Å². The summed E-state index contributed by atoms with van der Waals surface area (Å²) < 4.78 is 23.1. The molecule has 1 N–H and O–H groups in total. The number of anilines is 1. The van der Waals surface area contributed by atoms with Gasteiger partial charge in [0.05, 0.1) is 27.2 Å². The van der Waals surface area contributed by atoms with Crippen molar-refractivity contribution >= 4 is 50.5 Å². The van der Waals surface area contributed by atoms with E-state index in [0.29, 0.717) is 6.42 Å². The number of sulfone groups is 1. The van der Waals surface area contributed by atoms with Gasteiger partial charge >= 0.3 is 11.8 Å². The Balaban J connectivity index is 2.13. The molecule has 1 heterocycles. The third-order valence-corrected chi connectivity index (χ3v) is 6.03. The molecule has 2 amide bonds. The minimum absolute atomic E-state index is 0.0272. The van der Waals surface area contributed by atoms with E-state index in [4.69, 9.17) is 23.2 Å². The zero-order valence-corrected chi connectivity index (χ0v) is 14.7. The van der Waals surface area contributed by atoms with Gasteiger partial charge in [0, 0.05) is 12.6 Å². The molecule has 0 spiro atoms. The van der Waals surface area contributed by atoms with Crippen molar-refractivity contribution in [3.8, 4) is 0 Å². The SMILES string of the molecule is CCN(C(=O)C(=O)Nc1c(Cl)cccc1Cl)C1CCS(=O)(=O)C1. The minimum Gasteiger partial charge on any atom is -0.331 e. The first-order chi connectivity index (χ1) is 10.7. The molecule has 1 saturated heterocycles. The van der Waals surface area contributed by atoms with Crippen LogP contribution in [0.2, 0.25) is 10.0 Å². The molecule has 1 atom stereocenters. The van der Waals surface area contributed by atoms with Crippen molar-refractivity contribution in [2.24, 2.45) is 0 Å². The lowest BCUT2D eigenvalue weighted by atomic mass is 10.2. The van der Waals surface area contributed by atoms with E-state index in [1.165, 1.54) is 17.0 Å². The number of likely N-dealkylation sites (N-methyl/N-ethyl adjacent to an activating group) is 1. The predicted molar refractivity (Wildman–Crippen MR) is 89.5 cm³/mol. The Morgan fingerprint density at radius 1 is 1.30 bits per heavy atom. The van der Waals surface area contributed by atoms with Gasteiger partial charge in [0.1, 0.15) is 0 Å². The quantitative estimate of drug-likeness (QED) is 0.814. The van der Waals surface area contributed by atoms with E-state index in [1.54, 1.807) is 13.0 Å². The predicted octanol–water partition coefficient (Wildman–Crippen LogP) is 1.97. The molecule has 23 heavy (non-hydrogen) atoms. The second kappa shape index (κ2) is 7.07. The van der Waals surface area contributed by atoms with Gasteiger partial charge in [0.15, 0.2) is 9.84 Å². The van der Waals surface area contributed by atoms with Gasteiger partial charge in [-0.2, -0.15) is 0 Å². The van der Waals surface area contributed by atoms with Crippen LogP contribution in [0.25, 0.3) is 0 Å². The van der Waals surface area contributed by atoms with Crippen LogP contribution in [0, 0.1) is 0 Å². The number of nitrogens with zero attached hydrogens (tertiary/aromatic N) is 1. The molecule has 2 rings (SSSR count). The molecule has 1 aliphatic rings. The van der Waals surface area contributed by atoms with Gasteiger partial charge in [-0.1, -0.05) is 29.3 Å². The molecule has 9 heteroatoms. The molecule has 0 aromatic heterocycles. The Labute approximate surface area is 144 Å². The summed E-state index contributed by atoms with van der Waals surface area (Å²) in [6.07, 6.45) is 0.335. The van der Waals surface area contributed by atoms with Crippen LogP contribution in [0.15, 0.2) is 18.2 Å². The summed E-state index contributed by atoms with van der Waals surface area (Å²) in [5.74, 6) is -1.79. The number of hydrogen-bond acceptors (Lipinski definition) is 4. The minimum atomic E-state index is -3.15. The molecule has 1 unspecified atom stereocenters. The highest BCUT2D eigenvalue weighted by Crippen LogP contribution is 2.30. The highest BCUT2D eigenvalue weighted by atomic mass is 35.5. The zero-order chi connectivity index (χ0) is 17.2. The van der Waals surface area contributed by atoms with Crippen LogP contribution < -0.4 is 5.32 Å². The lowest BCUT2D eigenvalue weighted by Crippen LogP contribution is -2.46. The maximum absolute atomic E-state index is 12.3. The van der Waals surface area contributed by atoms with Gasteiger partial charge in [-0.25, -0.2) is 8.42 Å². The highest BCUT2D eigenvalue weighted by molar-refractivity contribution is 7.91. The summed E-state index contributed by atoms with van der Waals surface area (Å²) in [4.78, 5) is 25.8. The van der Waals surface area contributed by atoms with Gasteiger partial charge < -0.3 is 10.2 Å². The Hall–Kier alpha value is -1.31. The van der Waals surface area contributed by atoms with Crippen LogP contribution in [0.1, 0.15) is 13.3 Å². The first-order valence-electron chi connectivity index (χ1n) is 7.01. The number of amides is 2. The van der Waals surface area contributed by atoms with E-state index < -0.39 is 27.7 Å². The molecule has 1 fully saturated rings. The molecule has 0 radical (unpaired) electrons. The Kier molecular flexibility index (Phi) is 5.54. The topological polar surface area (TPSA) is 83.6 Å². The number of rotatable bonds is 3. The van der Waals surface area contributed by atoms with Crippen molar-refractivity contribution in [3.05, 3.63) is 28.2 Å². The molecule has 126 valence electrons. The second-order valence-electron chi connectivity index (χ2n) is 5.20. The standard InChI is InChI=1S/C14H16Cl2N2O4S/c1-2-18(9-6-7-23(21,22)8-9)14(20)13(19)17-12-10(15)4-3-5-11(12)16/h3-5,9H,2,6-8H2,1H3,(H,17,19). The van der Waals surface area contributed by atoms with Gasteiger partial charge in [0.25, 0.3) is 0 Å². The molecule has 0 bridgehead atoms. The number of nitrogens with one attached hydrogen (secondary N) is 1. The first kappa shape index (κ1) is 18.0. The summed E-state index contributed by atoms with van der Waals surface area (Å²) >= 11 is 11.9. The van der Waals surface area contributed by atoms with Crippen molar-refractivity contribution < 1.29 is 18.0 Å². The second-order valence-corrected chi connectivity index (χ2v) is 8.24. The number of hydrogen-bond donors (Lipinski definition) is 1. The zero-order valence-electron chi connectivity index (χ0n) is 12.4. The van der Waals surface area contributed by atoms with E-state index >= 15 is 0 Å². The van der Waals surface area contributed by atoms with Crippen molar-refractivity contribution in [2.45, 2.75) is 19.4 Å². The fourth-order valence-electron chi connectivity index (χ4n) is 2.50. The third-order valence-electron chi connectivity index (χ3n) is 3.65. The third kappa shape index (κ3) is 4.16. The Bertz CT molecular complexity index is 716. The van der Waals surface area contributed by atoms with E-state index in [9.17, 15) is 18.0 Å². The monoisotopic (exact) mass is 378 g/mol. The molecule has 0 saturated carbocycles. The number of halogens is 2. The smallest absolute Gasteiger partial charge is 0.313 e. The first-order valence-corrected chi connectivity index (χ1v) is 9.59. The molecule has 0 aliphatic carbocycles. The normalized spacial score (nSPS) is 19.3. The maximum atomic E-state index is 12.3. The van der Waals surface area contributed by atoms with Crippen molar-refractivity contribution in [1.82, 2.24) is 4.90 Å². The highest BCUT2D eigenvalue weighted by Gasteiger charge is 2.36. The fraction of sp³-hybridized carbons (Fsp3) is 0.429. The van der Waals surface area contributed by atoms with Gasteiger partial charge in [-0.15, -0.1) is 0 Å².